The number of anilines is 1. The number of halogens is 2. The molecule has 0 radical (unpaired) electrons. The Morgan fingerprint density at radius 3 is 2.65 bits per heavy atom. The van der Waals surface area contributed by atoms with Crippen molar-refractivity contribution < 1.29 is 13.6 Å². The number of nitrogens with zero attached hydrogens (tertiary/aromatic N) is 3. The number of imidazole rings is 1. The highest BCUT2D eigenvalue weighted by Crippen LogP contribution is 2.20. The van der Waals surface area contributed by atoms with Crippen LogP contribution in [0.5, 0.6) is 0 Å². The molecule has 1 aliphatic rings. The van der Waals surface area contributed by atoms with Gasteiger partial charge in [-0.05, 0) is 12.1 Å². The highest BCUT2D eigenvalue weighted by atomic mass is 19.1. The van der Waals surface area contributed by atoms with Crippen LogP contribution in [0.2, 0.25) is 0 Å². The lowest BCUT2D eigenvalue weighted by Crippen LogP contribution is -2.38. The molecule has 0 atom stereocenters. The number of aromatic nitrogens is 2. The molecule has 2 N–H and O–H groups in total. The Morgan fingerprint density at radius 2 is 1.95 bits per heavy atom. The zero-order chi connectivity index (χ0) is 14.3. The first-order chi connectivity index (χ1) is 9.56. The largest absolute Gasteiger partial charge is 0.394 e. The van der Waals surface area contributed by atoms with Gasteiger partial charge in [-0.3, -0.25) is 4.79 Å². The number of amides is 1. The normalized spacial score (nSPS) is 14.2. The van der Waals surface area contributed by atoms with E-state index in [1.54, 1.807) is 6.20 Å². The second kappa shape index (κ2) is 4.59. The fourth-order valence-corrected chi connectivity index (χ4v) is 2.24. The van der Waals surface area contributed by atoms with Gasteiger partial charge < -0.3 is 15.2 Å². The number of hydrogen-bond acceptors (Lipinski definition) is 3. The van der Waals surface area contributed by atoms with Crippen LogP contribution in [0.1, 0.15) is 16.2 Å². The molecule has 0 unspecified atom stereocenters. The van der Waals surface area contributed by atoms with Crippen LogP contribution in [0, 0.1) is 11.6 Å². The van der Waals surface area contributed by atoms with Crippen molar-refractivity contribution in [3.8, 4) is 0 Å². The van der Waals surface area contributed by atoms with Gasteiger partial charge in [0.25, 0.3) is 5.91 Å². The van der Waals surface area contributed by atoms with Crippen molar-refractivity contribution in [3.63, 3.8) is 0 Å². The van der Waals surface area contributed by atoms with E-state index in [9.17, 15) is 13.6 Å². The Bertz CT molecular complexity index is 660. The quantitative estimate of drug-likeness (QED) is 0.802. The molecule has 0 saturated heterocycles. The summed E-state index contributed by atoms with van der Waals surface area (Å²) in [5.74, 6) is -1.53. The summed E-state index contributed by atoms with van der Waals surface area (Å²) in [4.78, 5) is 17.9. The van der Waals surface area contributed by atoms with Gasteiger partial charge in [-0.2, -0.15) is 0 Å². The summed E-state index contributed by atoms with van der Waals surface area (Å²) in [6, 6.07) is 1.92. The van der Waals surface area contributed by atoms with E-state index < -0.39 is 23.2 Å². The lowest BCUT2D eigenvalue weighted by atomic mass is 10.1. The van der Waals surface area contributed by atoms with Gasteiger partial charge in [-0.1, -0.05) is 0 Å². The number of carbonyl (C=O) groups is 1. The number of hydrogen-bond donors (Lipinski definition) is 1. The maximum atomic E-state index is 13.4. The van der Waals surface area contributed by atoms with Gasteiger partial charge >= 0.3 is 0 Å². The number of carbonyl (C=O) groups excluding carboxylic acids is 1. The summed E-state index contributed by atoms with van der Waals surface area (Å²) in [5.41, 5.74) is 4.57. The fraction of sp³-hybridized carbons (Fsp3) is 0.231. The molecule has 0 saturated carbocycles. The molecule has 0 bridgehead atoms. The first-order valence-corrected chi connectivity index (χ1v) is 6.10. The summed E-state index contributed by atoms with van der Waals surface area (Å²) in [6.07, 6.45) is 3.49. The van der Waals surface area contributed by atoms with Crippen molar-refractivity contribution in [1.29, 1.82) is 0 Å². The second-order valence-corrected chi connectivity index (χ2v) is 4.62. The van der Waals surface area contributed by atoms with E-state index in [4.69, 9.17) is 5.73 Å². The third-order valence-corrected chi connectivity index (χ3v) is 3.36. The maximum Gasteiger partial charge on any atom is 0.254 e. The van der Waals surface area contributed by atoms with E-state index in [0.29, 0.717) is 19.6 Å². The monoisotopic (exact) mass is 278 g/mol. The van der Waals surface area contributed by atoms with Crippen molar-refractivity contribution in [2.24, 2.45) is 0 Å². The van der Waals surface area contributed by atoms with Crippen LogP contribution in [0.25, 0.3) is 0 Å². The van der Waals surface area contributed by atoms with Gasteiger partial charge in [0.15, 0.2) is 0 Å². The molecule has 20 heavy (non-hydrogen) atoms. The summed E-state index contributed by atoms with van der Waals surface area (Å²) < 4.78 is 28.7. The first kappa shape index (κ1) is 12.6. The van der Waals surface area contributed by atoms with Gasteiger partial charge in [0.05, 0.1) is 6.54 Å². The molecule has 0 aliphatic carbocycles. The number of fused-ring (bicyclic) bond motifs is 1. The van der Waals surface area contributed by atoms with Gasteiger partial charge in [-0.25, -0.2) is 13.8 Å². The van der Waals surface area contributed by atoms with Gasteiger partial charge in [-0.15, -0.1) is 0 Å². The van der Waals surface area contributed by atoms with E-state index in [-0.39, 0.29) is 5.56 Å². The third kappa shape index (κ3) is 2.01. The predicted octanol–water partition coefficient (Wildman–Crippen LogP) is 1.40. The molecule has 0 spiro atoms. The van der Waals surface area contributed by atoms with E-state index >= 15 is 0 Å². The summed E-state index contributed by atoms with van der Waals surface area (Å²) >= 11 is 0. The van der Waals surface area contributed by atoms with Crippen LogP contribution in [0.3, 0.4) is 0 Å². The van der Waals surface area contributed by atoms with Gasteiger partial charge in [0.2, 0.25) is 0 Å². The molecule has 3 rings (SSSR count). The summed E-state index contributed by atoms with van der Waals surface area (Å²) in [6.45, 7) is 1.40. The SMILES string of the molecule is Nc1c(F)cc(C(=O)N2CCn3ccnc3C2)cc1F. The molecule has 2 aromatic rings. The molecule has 7 heteroatoms. The highest BCUT2D eigenvalue weighted by molar-refractivity contribution is 5.94. The minimum absolute atomic E-state index is 0.0470. The molecule has 104 valence electrons. The Morgan fingerprint density at radius 1 is 1.25 bits per heavy atom. The van der Waals surface area contributed by atoms with Gasteiger partial charge in [0, 0.05) is 31.0 Å². The number of nitrogen functional groups attached to an aromatic ring is 1. The van der Waals surface area contributed by atoms with Crippen LogP contribution in [0.15, 0.2) is 24.5 Å². The Balaban J connectivity index is 1.87. The van der Waals surface area contributed by atoms with Crippen LogP contribution in [-0.4, -0.2) is 26.9 Å². The second-order valence-electron chi connectivity index (χ2n) is 4.62. The Labute approximate surface area is 113 Å². The lowest BCUT2D eigenvalue weighted by molar-refractivity contribution is 0.0706. The average Bonchev–Trinajstić information content (AvgIpc) is 2.90. The molecule has 1 amide bonds. The van der Waals surface area contributed by atoms with Crippen LogP contribution >= 0.6 is 0 Å². The molecule has 5 nitrogen and oxygen atoms in total. The van der Waals surface area contributed by atoms with Crippen molar-refractivity contribution in [2.45, 2.75) is 13.1 Å². The topological polar surface area (TPSA) is 64.2 Å². The molecule has 2 heterocycles. The van der Waals surface area contributed by atoms with E-state index in [1.807, 2.05) is 10.8 Å². The fourth-order valence-electron chi connectivity index (χ4n) is 2.24. The number of nitrogens with two attached hydrogens (primary N) is 1. The zero-order valence-electron chi connectivity index (χ0n) is 10.5. The van der Waals surface area contributed by atoms with Crippen molar-refractivity contribution in [1.82, 2.24) is 14.5 Å². The zero-order valence-corrected chi connectivity index (χ0v) is 10.5. The van der Waals surface area contributed by atoms with E-state index in [1.165, 1.54) is 4.90 Å². The Hall–Kier alpha value is -2.44. The minimum Gasteiger partial charge on any atom is -0.394 e. The molecule has 1 aromatic carbocycles. The Kier molecular flexibility index (Phi) is 2.89. The first-order valence-electron chi connectivity index (χ1n) is 6.10. The van der Waals surface area contributed by atoms with Crippen LogP contribution in [0.4, 0.5) is 14.5 Å². The lowest BCUT2D eigenvalue weighted by Gasteiger charge is -2.27. The number of rotatable bonds is 1. The average molecular weight is 278 g/mol. The van der Waals surface area contributed by atoms with Crippen molar-refractivity contribution in [3.05, 3.63) is 47.5 Å². The maximum absolute atomic E-state index is 13.4. The van der Waals surface area contributed by atoms with Crippen molar-refractivity contribution >= 4 is 11.6 Å². The summed E-state index contributed by atoms with van der Waals surface area (Å²) in [5, 5.41) is 0. The van der Waals surface area contributed by atoms with E-state index in [0.717, 1.165) is 18.0 Å². The standard InChI is InChI=1S/C13H12F2N4O/c14-9-5-8(6-10(15)12(9)16)13(20)19-4-3-18-2-1-17-11(18)7-19/h1-2,5-6H,3-4,7,16H2. The molecule has 1 aliphatic heterocycles. The highest BCUT2D eigenvalue weighted by Gasteiger charge is 2.23. The molecule has 1 aromatic heterocycles. The minimum atomic E-state index is -0.924. The smallest absolute Gasteiger partial charge is 0.254 e. The number of benzene rings is 1. The predicted molar refractivity (Wildman–Crippen MR) is 67.7 cm³/mol. The van der Waals surface area contributed by atoms with E-state index in [2.05, 4.69) is 4.98 Å². The summed E-state index contributed by atoms with van der Waals surface area (Å²) in [7, 11) is 0. The molecule has 0 fully saturated rings. The molecular formula is C13H12F2N4O. The van der Waals surface area contributed by atoms with Crippen LogP contribution in [-0.2, 0) is 13.1 Å². The van der Waals surface area contributed by atoms with Crippen LogP contribution < -0.4 is 5.73 Å². The van der Waals surface area contributed by atoms with Crippen molar-refractivity contribution in [2.75, 3.05) is 12.3 Å². The molecular weight excluding hydrogens is 266 g/mol. The van der Waals surface area contributed by atoms with Gasteiger partial charge in [0.1, 0.15) is 23.1 Å². The third-order valence-electron chi connectivity index (χ3n) is 3.36.